The summed E-state index contributed by atoms with van der Waals surface area (Å²) in [6.07, 6.45) is 0.438. The molecule has 1 fully saturated rings. The van der Waals surface area contributed by atoms with E-state index in [2.05, 4.69) is 31.1 Å². The van der Waals surface area contributed by atoms with E-state index in [1.54, 1.807) is 11.0 Å². The molecule has 1 amide bonds. The highest BCUT2D eigenvalue weighted by molar-refractivity contribution is 7.91. The van der Waals surface area contributed by atoms with Crippen LogP contribution in [-0.4, -0.2) is 41.9 Å². The van der Waals surface area contributed by atoms with Crippen LogP contribution >= 0.6 is 11.3 Å². The van der Waals surface area contributed by atoms with Crippen molar-refractivity contribution in [3.63, 3.8) is 0 Å². The lowest BCUT2D eigenvalue weighted by Gasteiger charge is -2.27. The summed E-state index contributed by atoms with van der Waals surface area (Å²) < 4.78 is 29.5. The van der Waals surface area contributed by atoms with E-state index in [1.807, 2.05) is 29.6 Å². The van der Waals surface area contributed by atoms with Gasteiger partial charge in [-0.2, -0.15) is 0 Å². The predicted molar refractivity (Wildman–Crippen MR) is 117 cm³/mol. The Kier molecular flexibility index (Phi) is 5.79. The molecule has 1 unspecified atom stereocenters. The summed E-state index contributed by atoms with van der Waals surface area (Å²) in [7, 11) is -3.13. The number of nitrogens with zero attached hydrogens (tertiary/aromatic N) is 2. The number of rotatable bonds is 6. The molecule has 3 aromatic rings. The van der Waals surface area contributed by atoms with Gasteiger partial charge in [0.2, 0.25) is 0 Å². The Labute approximate surface area is 180 Å². The molecule has 1 aliphatic rings. The average Bonchev–Trinajstić information content (AvgIpc) is 3.46. The first-order chi connectivity index (χ1) is 14.3. The fourth-order valence-electron chi connectivity index (χ4n) is 3.65. The first kappa shape index (κ1) is 20.8. The minimum absolute atomic E-state index is 0.0154. The highest BCUT2D eigenvalue weighted by Gasteiger charge is 2.36. The van der Waals surface area contributed by atoms with E-state index in [0.29, 0.717) is 24.6 Å². The van der Waals surface area contributed by atoms with E-state index in [-0.39, 0.29) is 29.1 Å². The quantitative estimate of drug-likeness (QED) is 0.564. The van der Waals surface area contributed by atoms with Crippen LogP contribution in [-0.2, 0) is 16.4 Å². The Hall–Kier alpha value is -2.45. The summed E-state index contributed by atoms with van der Waals surface area (Å²) in [5, 5.41) is 5.90. The molecular weight excluding hydrogens is 420 g/mol. The maximum atomic E-state index is 13.3. The van der Waals surface area contributed by atoms with Crippen molar-refractivity contribution in [2.75, 3.05) is 11.5 Å². The van der Waals surface area contributed by atoms with Gasteiger partial charge in [-0.25, -0.2) is 8.42 Å². The Morgan fingerprint density at radius 3 is 2.63 bits per heavy atom. The summed E-state index contributed by atoms with van der Waals surface area (Å²) in [4.78, 5) is 15.8. The summed E-state index contributed by atoms with van der Waals surface area (Å²) >= 11 is 1.50. The second kappa shape index (κ2) is 8.35. The van der Waals surface area contributed by atoms with Crippen LogP contribution < -0.4 is 0 Å². The number of hydrogen-bond acceptors (Lipinski definition) is 6. The van der Waals surface area contributed by atoms with Gasteiger partial charge >= 0.3 is 0 Å². The van der Waals surface area contributed by atoms with Gasteiger partial charge in [0.25, 0.3) is 5.91 Å². The van der Waals surface area contributed by atoms with Crippen LogP contribution in [0.1, 0.15) is 47.8 Å². The smallest absolute Gasteiger partial charge is 0.276 e. The first-order valence-corrected chi connectivity index (χ1v) is 12.6. The highest BCUT2D eigenvalue weighted by Crippen LogP contribution is 2.27. The van der Waals surface area contributed by atoms with E-state index in [1.165, 1.54) is 16.9 Å². The number of aromatic nitrogens is 1. The van der Waals surface area contributed by atoms with Crippen molar-refractivity contribution in [1.82, 2.24) is 10.1 Å². The van der Waals surface area contributed by atoms with Crippen LogP contribution in [0.4, 0.5) is 0 Å². The number of thiophene rings is 1. The van der Waals surface area contributed by atoms with E-state index in [0.717, 1.165) is 10.4 Å². The summed E-state index contributed by atoms with van der Waals surface area (Å²) in [6, 6.07) is 13.2. The zero-order valence-electron chi connectivity index (χ0n) is 16.9. The van der Waals surface area contributed by atoms with Crippen LogP contribution in [0, 0.1) is 0 Å². The Morgan fingerprint density at radius 2 is 2.03 bits per heavy atom. The van der Waals surface area contributed by atoms with Crippen molar-refractivity contribution in [2.24, 2.45) is 0 Å². The maximum absolute atomic E-state index is 13.3. The normalized spacial score (nSPS) is 18.0. The molecule has 1 aromatic carbocycles. The second-order valence-corrected chi connectivity index (χ2v) is 11.1. The Morgan fingerprint density at radius 1 is 1.27 bits per heavy atom. The largest absolute Gasteiger partial charge is 0.355 e. The molecule has 8 heteroatoms. The number of hydrogen-bond donors (Lipinski definition) is 0. The fourth-order valence-corrected chi connectivity index (χ4v) is 6.05. The third-order valence-electron chi connectivity index (χ3n) is 5.40. The lowest BCUT2D eigenvalue weighted by atomic mass is 10.0. The lowest BCUT2D eigenvalue weighted by molar-refractivity contribution is 0.0670. The van der Waals surface area contributed by atoms with Crippen molar-refractivity contribution in [3.05, 3.63) is 64.7 Å². The van der Waals surface area contributed by atoms with Gasteiger partial charge in [0.1, 0.15) is 0 Å². The van der Waals surface area contributed by atoms with Crippen LogP contribution in [0.3, 0.4) is 0 Å². The van der Waals surface area contributed by atoms with Crippen molar-refractivity contribution < 1.29 is 17.7 Å². The molecule has 0 saturated carbocycles. The predicted octanol–water partition coefficient (Wildman–Crippen LogP) is 4.36. The standard InChI is InChI=1S/C22H24N2O4S2/c1-15(2)17-7-5-16(6-8-17)13-24(18-9-11-30(26,27)14-18)22(25)19-12-20(28-23-19)21-4-3-10-29-21/h3-8,10,12,15,18H,9,11,13-14H2,1-2H3. The van der Waals surface area contributed by atoms with Crippen molar-refractivity contribution >= 4 is 27.1 Å². The van der Waals surface area contributed by atoms with Crippen LogP contribution in [0.5, 0.6) is 0 Å². The average molecular weight is 445 g/mol. The van der Waals surface area contributed by atoms with E-state index >= 15 is 0 Å². The first-order valence-electron chi connectivity index (χ1n) is 9.93. The molecule has 0 spiro atoms. The molecule has 0 radical (unpaired) electrons. The van der Waals surface area contributed by atoms with Crippen molar-refractivity contribution in [2.45, 2.75) is 38.8 Å². The summed E-state index contributed by atoms with van der Waals surface area (Å²) in [6.45, 7) is 4.59. The van der Waals surface area contributed by atoms with Gasteiger partial charge in [0.05, 0.1) is 16.4 Å². The van der Waals surface area contributed by atoms with Gasteiger partial charge < -0.3 is 9.42 Å². The number of carbonyl (C=O) groups excluding carboxylic acids is 1. The van der Waals surface area contributed by atoms with Gasteiger partial charge in [-0.15, -0.1) is 11.3 Å². The maximum Gasteiger partial charge on any atom is 0.276 e. The third-order valence-corrected chi connectivity index (χ3v) is 8.04. The van der Waals surface area contributed by atoms with Gasteiger partial charge in [0.15, 0.2) is 21.3 Å². The number of sulfone groups is 1. The zero-order valence-corrected chi connectivity index (χ0v) is 18.6. The van der Waals surface area contributed by atoms with Gasteiger partial charge in [-0.3, -0.25) is 4.79 Å². The monoisotopic (exact) mass is 444 g/mol. The summed E-state index contributed by atoms with van der Waals surface area (Å²) in [5.41, 5.74) is 2.37. The molecule has 0 N–H and O–H groups in total. The highest BCUT2D eigenvalue weighted by atomic mass is 32.2. The number of carbonyl (C=O) groups is 1. The van der Waals surface area contributed by atoms with E-state index in [4.69, 9.17) is 4.52 Å². The molecule has 1 atom stereocenters. The molecule has 1 saturated heterocycles. The minimum Gasteiger partial charge on any atom is -0.355 e. The van der Waals surface area contributed by atoms with Gasteiger partial charge in [-0.05, 0) is 34.9 Å². The molecule has 1 aliphatic heterocycles. The van der Waals surface area contributed by atoms with Crippen molar-refractivity contribution in [1.29, 1.82) is 0 Å². The third kappa shape index (κ3) is 4.49. The molecule has 0 aliphatic carbocycles. The zero-order chi connectivity index (χ0) is 21.3. The van der Waals surface area contributed by atoms with Crippen molar-refractivity contribution in [3.8, 4) is 10.6 Å². The van der Waals surface area contributed by atoms with Crippen LogP contribution in [0.2, 0.25) is 0 Å². The molecule has 30 heavy (non-hydrogen) atoms. The number of amides is 1. The van der Waals surface area contributed by atoms with Gasteiger partial charge in [-0.1, -0.05) is 49.3 Å². The minimum atomic E-state index is -3.13. The second-order valence-electron chi connectivity index (χ2n) is 7.94. The molecular formula is C22H24N2O4S2. The van der Waals surface area contributed by atoms with E-state index in [9.17, 15) is 13.2 Å². The molecule has 3 heterocycles. The topological polar surface area (TPSA) is 80.5 Å². The van der Waals surface area contributed by atoms with Gasteiger partial charge in [0, 0.05) is 18.7 Å². The molecule has 6 nitrogen and oxygen atoms in total. The Bertz CT molecular complexity index is 1120. The molecule has 158 valence electrons. The Balaban J connectivity index is 1.60. The molecule has 0 bridgehead atoms. The molecule has 4 rings (SSSR count). The fraction of sp³-hybridized carbons (Fsp3) is 0.364. The molecule has 2 aromatic heterocycles. The SMILES string of the molecule is CC(C)c1ccc(CN(C(=O)c2cc(-c3cccs3)on2)C2CCS(=O)(=O)C2)cc1. The number of benzene rings is 1. The van der Waals surface area contributed by atoms with Crippen LogP contribution in [0.15, 0.2) is 52.4 Å². The lowest BCUT2D eigenvalue weighted by Crippen LogP contribution is -2.40. The van der Waals surface area contributed by atoms with Crippen LogP contribution in [0.25, 0.3) is 10.6 Å². The summed E-state index contributed by atoms with van der Waals surface area (Å²) in [5.74, 6) is 0.735. The van der Waals surface area contributed by atoms with E-state index < -0.39 is 9.84 Å².